The first-order chi connectivity index (χ1) is 9.16. The molecule has 0 radical (unpaired) electrons. The van der Waals surface area contributed by atoms with Gasteiger partial charge in [0.1, 0.15) is 0 Å². The van der Waals surface area contributed by atoms with E-state index in [1.165, 1.54) is 5.56 Å². The van der Waals surface area contributed by atoms with Crippen molar-refractivity contribution < 1.29 is 4.79 Å². The van der Waals surface area contributed by atoms with Gasteiger partial charge in [0, 0.05) is 26.2 Å². The number of piperazine rings is 1. The number of carbonyl (C=O) groups excluding carboxylic acids is 1. The Bertz CT molecular complexity index is 408. The van der Waals surface area contributed by atoms with Gasteiger partial charge in [0.05, 0.1) is 6.04 Å². The third kappa shape index (κ3) is 4.04. The van der Waals surface area contributed by atoms with Crippen LogP contribution >= 0.6 is 0 Å². The predicted molar refractivity (Wildman–Crippen MR) is 77.0 cm³/mol. The molecule has 4 heteroatoms. The number of amides is 1. The van der Waals surface area contributed by atoms with Gasteiger partial charge in [-0.15, -0.1) is 0 Å². The first-order valence-corrected chi connectivity index (χ1v) is 6.97. The molecule has 1 saturated heterocycles. The average molecular weight is 261 g/mol. The van der Waals surface area contributed by atoms with Gasteiger partial charge in [-0.05, 0) is 17.0 Å². The Morgan fingerprint density at radius 3 is 2.63 bits per heavy atom. The van der Waals surface area contributed by atoms with Crippen LogP contribution in [0, 0.1) is 0 Å². The Hall–Kier alpha value is -1.39. The van der Waals surface area contributed by atoms with E-state index in [1.807, 2.05) is 0 Å². The van der Waals surface area contributed by atoms with E-state index in [4.69, 9.17) is 0 Å². The van der Waals surface area contributed by atoms with Gasteiger partial charge in [-0.1, -0.05) is 38.1 Å². The molecule has 1 aliphatic heterocycles. The fraction of sp³-hybridized carbons (Fsp3) is 0.533. The summed E-state index contributed by atoms with van der Waals surface area (Å²) < 4.78 is 0. The van der Waals surface area contributed by atoms with E-state index in [0.29, 0.717) is 19.0 Å². The molecule has 19 heavy (non-hydrogen) atoms. The molecule has 1 aromatic carbocycles. The van der Waals surface area contributed by atoms with Gasteiger partial charge in [0.2, 0.25) is 5.91 Å². The summed E-state index contributed by atoms with van der Waals surface area (Å²) in [5.41, 5.74) is 2.47. The monoisotopic (exact) mass is 261 g/mol. The van der Waals surface area contributed by atoms with Crippen molar-refractivity contribution in [1.82, 2.24) is 16.0 Å². The maximum absolute atomic E-state index is 11.9. The second-order valence-electron chi connectivity index (χ2n) is 5.32. The lowest BCUT2D eigenvalue weighted by molar-refractivity contribution is -0.123. The van der Waals surface area contributed by atoms with Gasteiger partial charge in [-0.25, -0.2) is 0 Å². The fourth-order valence-corrected chi connectivity index (χ4v) is 2.17. The van der Waals surface area contributed by atoms with Crippen molar-refractivity contribution in [2.45, 2.75) is 32.4 Å². The van der Waals surface area contributed by atoms with Crippen LogP contribution in [0.4, 0.5) is 0 Å². The zero-order chi connectivity index (χ0) is 13.7. The molecule has 0 saturated carbocycles. The van der Waals surface area contributed by atoms with E-state index in [9.17, 15) is 4.79 Å². The van der Waals surface area contributed by atoms with Crippen LogP contribution in [-0.4, -0.2) is 31.6 Å². The molecule has 1 aromatic rings. The van der Waals surface area contributed by atoms with Crippen molar-refractivity contribution in [3.8, 4) is 0 Å². The Labute approximate surface area is 115 Å². The summed E-state index contributed by atoms with van der Waals surface area (Å²) in [7, 11) is 0. The molecule has 1 fully saturated rings. The summed E-state index contributed by atoms with van der Waals surface area (Å²) in [6.07, 6.45) is 0. The lowest BCUT2D eigenvalue weighted by atomic mass is 10.0. The number of nitrogens with one attached hydrogen (secondary N) is 3. The van der Waals surface area contributed by atoms with Gasteiger partial charge in [-0.3, -0.25) is 4.79 Å². The molecular formula is C15H23N3O. The van der Waals surface area contributed by atoms with Gasteiger partial charge in [0.25, 0.3) is 0 Å². The highest BCUT2D eigenvalue weighted by atomic mass is 16.2. The van der Waals surface area contributed by atoms with Gasteiger partial charge in [0.15, 0.2) is 0 Å². The second-order valence-corrected chi connectivity index (χ2v) is 5.32. The molecule has 0 aromatic heterocycles. The Morgan fingerprint density at radius 2 is 2.05 bits per heavy atom. The Balaban J connectivity index is 1.82. The van der Waals surface area contributed by atoms with Crippen molar-refractivity contribution in [1.29, 1.82) is 0 Å². The minimum Gasteiger partial charge on any atom is -0.351 e. The van der Waals surface area contributed by atoms with E-state index in [0.717, 1.165) is 18.7 Å². The first-order valence-electron chi connectivity index (χ1n) is 6.97. The maximum Gasteiger partial charge on any atom is 0.238 e. The summed E-state index contributed by atoms with van der Waals surface area (Å²) in [6, 6.07) is 8.33. The molecule has 1 unspecified atom stereocenters. The number of benzene rings is 1. The first kappa shape index (κ1) is 14.0. The van der Waals surface area contributed by atoms with E-state index < -0.39 is 0 Å². The molecule has 4 nitrogen and oxygen atoms in total. The predicted octanol–water partition coefficient (Wildman–Crippen LogP) is 0.988. The third-order valence-corrected chi connectivity index (χ3v) is 3.47. The lowest BCUT2D eigenvalue weighted by Crippen LogP contribution is -2.55. The smallest absolute Gasteiger partial charge is 0.238 e. The summed E-state index contributed by atoms with van der Waals surface area (Å²) in [4.78, 5) is 11.9. The number of rotatable bonds is 4. The number of hydrogen-bond acceptors (Lipinski definition) is 3. The van der Waals surface area contributed by atoms with Crippen LogP contribution in [-0.2, 0) is 11.3 Å². The van der Waals surface area contributed by atoms with Crippen LogP contribution < -0.4 is 16.0 Å². The molecule has 104 valence electrons. The minimum atomic E-state index is -0.108. The molecular weight excluding hydrogens is 238 g/mol. The lowest BCUT2D eigenvalue weighted by Gasteiger charge is -2.23. The van der Waals surface area contributed by atoms with Crippen molar-refractivity contribution >= 4 is 5.91 Å². The SMILES string of the molecule is CC(C)c1ccc(CNC(=O)C2CNCCN2)cc1. The Morgan fingerprint density at radius 1 is 1.32 bits per heavy atom. The molecule has 1 atom stereocenters. The molecule has 2 rings (SSSR count). The molecule has 0 spiro atoms. The van der Waals surface area contributed by atoms with E-state index >= 15 is 0 Å². The van der Waals surface area contributed by atoms with Crippen molar-refractivity contribution in [2.75, 3.05) is 19.6 Å². The zero-order valence-electron chi connectivity index (χ0n) is 11.7. The fourth-order valence-electron chi connectivity index (χ4n) is 2.17. The summed E-state index contributed by atoms with van der Waals surface area (Å²) in [5, 5.41) is 9.39. The van der Waals surface area contributed by atoms with Crippen molar-refractivity contribution in [3.63, 3.8) is 0 Å². The molecule has 0 aliphatic carbocycles. The minimum absolute atomic E-state index is 0.0696. The van der Waals surface area contributed by atoms with Crippen LogP contribution in [0.2, 0.25) is 0 Å². The highest BCUT2D eigenvalue weighted by Gasteiger charge is 2.19. The third-order valence-electron chi connectivity index (χ3n) is 3.47. The van der Waals surface area contributed by atoms with Crippen LogP contribution in [0.3, 0.4) is 0 Å². The van der Waals surface area contributed by atoms with Gasteiger partial charge in [-0.2, -0.15) is 0 Å². The van der Waals surface area contributed by atoms with Crippen molar-refractivity contribution in [2.24, 2.45) is 0 Å². The summed E-state index contributed by atoms with van der Waals surface area (Å²) >= 11 is 0. The van der Waals surface area contributed by atoms with Crippen LogP contribution in [0.5, 0.6) is 0 Å². The van der Waals surface area contributed by atoms with Gasteiger partial charge < -0.3 is 16.0 Å². The highest BCUT2D eigenvalue weighted by Crippen LogP contribution is 2.14. The van der Waals surface area contributed by atoms with Crippen LogP contribution in [0.1, 0.15) is 30.9 Å². The zero-order valence-corrected chi connectivity index (χ0v) is 11.7. The number of carbonyl (C=O) groups is 1. The topological polar surface area (TPSA) is 53.2 Å². The Kier molecular flexibility index (Phi) is 4.93. The molecule has 3 N–H and O–H groups in total. The maximum atomic E-state index is 11.9. The quantitative estimate of drug-likeness (QED) is 0.757. The molecule has 0 bridgehead atoms. The van der Waals surface area contributed by atoms with Crippen molar-refractivity contribution in [3.05, 3.63) is 35.4 Å². The summed E-state index contributed by atoms with van der Waals surface area (Å²) in [5.74, 6) is 0.612. The normalized spacial score (nSPS) is 19.4. The summed E-state index contributed by atoms with van der Waals surface area (Å²) in [6.45, 7) is 7.44. The second kappa shape index (κ2) is 6.68. The molecule has 1 heterocycles. The largest absolute Gasteiger partial charge is 0.351 e. The van der Waals surface area contributed by atoms with E-state index in [2.05, 4.69) is 54.1 Å². The number of hydrogen-bond donors (Lipinski definition) is 3. The van der Waals surface area contributed by atoms with Gasteiger partial charge >= 0.3 is 0 Å². The van der Waals surface area contributed by atoms with E-state index in [1.54, 1.807) is 0 Å². The molecule has 1 aliphatic rings. The highest BCUT2D eigenvalue weighted by molar-refractivity contribution is 5.82. The van der Waals surface area contributed by atoms with E-state index in [-0.39, 0.29) is 11.9 Å². The standard InChI is InChI=1S/C15H23N3O/c1-11(2)13-5-3-12(4-6-13)9-18-15(19)14-10-16-7-8-17-14/h3-6,11,14,16-17H,7-10H2,1-2H3,(H,18,19). The average Bonchev–Trinajstić information content (AvgIpc) is 2.46. The molecule has 1 amide bonds. The van der Waals surface area contributed by atoms with Crippen LogP contribution in [0.15, 0.2) is 24.3 Å². The van der Waals surface area contributed by atoms with Crippen LogP contribution in [0.25, 0.3) is 0 Å².